The van der Waals surface area contributed by atoms with Crippen molar-refractivity contribution in [1.82, 2.24) is 0 Å². The molecule has 0 N–H and O–H groups in total. The minimum atomic E-state index is -0.464. The Hall–Kier alpha value is -2.02. The SMILES string of the molecule is Cc1ccc2c(c1)N(CCC#N)C(=O)C(C(C)C)O2. The van der Waals surface area contributed by atoms with E-state index >= 15 is 0 Å². The Morgan fingerprint density at radius 1 is 1.47 bits per heavy atom. The highest BCUT2D eigenvalue weighted by Gasteiger charge is 2.35. The highest BCUT2D eigenvalue weighted by Crippen LogP contribution is 2.36. The first kappa shape index (κ1) is 13.4. The van der Waals surface area contributed by atoms with Crippen LogP contribution in [0.3, 0.4) is 0 Å². The van der Waals surface area contributed by atoms with Crippen molar-refractivity contribution < 1.29 is 9.53 Å². The van der Waals surface area contributed by atoms with E-state index in [4.69, 9.17) is 10.00 Å². The lowest BCUT2D eigenvalue weighted by Crippen LogP contribution is -2.48. The molecule has 1 heterocycles. The van der Waals surface area contributed by atoms with Crippen molar-refractivity contribution in [3.8, 4) is 11.8 Å². The second-order valence-corrected chi connectivity index (χ2v) is 5.15. The quantitative estimate of drug-likeness (QED) is 0.837. The summed E-state index contributed by atoms with van der Waals surface area (Å²) in [6.07, 6.45) is -0.141. The predicted molar refractivity (Wildman–Crippen MR) is 73.0 cm³/mol. The van der Waals surface area contributed by atoms with E-state index in [0.29, 0.717) is 13.0 Å². The molecular formula is C15H18N2O2. The summed E-state index contributed by atoms with van der Waals surface area (Å²) in [5.74, 6) is 0.775. The minimum absolute atomic E-state index is 0.0525. The topological polar surface area (TPSA) is 53.3 Å². The van der Waals surface area contributed by atoms with Gasteiger partial charge in [0.15, 0.2) is 6.10 Å². The van der Waals surface area contributed by atoms with E-state index in [1.54, 1.807) is 4.90 Å². The molecule has 0 saturated heterocycles. The number of carbonyl (C=O) groups excluding carboxylic acids is 1. The molecule has 1 atom stereocenters. The van der Waals surface area contributed by atoms with Gasteiger partial charge in [-0.3, -0.25) is 4.79 Å². The Bertz CT molecular complexity index is 531. The van der Waals surface area contributed by atoms with Crippen LogP contribution in [0.4, 0.5) is 5.69 Å². The average Bonchev–Trinajstić information content (AvgIpc) is 2.37. The van der Waals surface area contributed by atoms with E-state index in [9.17, 15) is 4.79 Å². The zero-order chi connectivity index (χ0) is 14.0. The standard InChI is InChI=1S/C15H18N2O2/c1-10(2)14-15(18)17(8-4-7-16)12-9-11(3)5-6-13(12)19-14/h5-6,9-10,14H,4,8H2,1-3H3. The monoisotopic (exact) mass is 258 g/mol. The number of nitriles is 1. The van der Waals surface area contributed by atoms with Gasteiger partial charge in [0, 0.05) is 6.54 Å². The fraction of sp³-hybridized carbons (Fsp3) is 0.467. The molecule has 4 nitrogen and oxygen atoms in total. The summed E-state index contributed by atoms with van der Waals surface area (Å²) < 4.78 is 5.80. The highest BCUT2D eigenvalue weighted by atomic mass is 16.5. The number of nitrogens with zero attached hydrogens (tertiary/aromatic N) is 2. The fourth-order valence-corrected chi connectivity index (χ4v) is 2.21. The van der Waals surface area contributed by atoms with Gasteiger partial charge >= 0.3 is 0 Å². The Morgan fingerprint density at radius 3 is 2.84 bits per heavy atom. The van der Waals surface area contributed by atoms with E-state index in [1.165, 1.54) is 0 Å². The minimum Gasteiger partial charge on any atom is -0.478 e. The van der Waals surface area contributed by atoms with Gasteiger partial charge in [-0.25, -0.2) is 0 Å². The second kappa shape index (κ2) is 5.31. The van der Waals surface area contributed by atoms with Crippen LogP contribution in [0.5, 0.6) is 5.75 Å². The van der Waals surface area contributed by atoms with E-state index in [-0.39, 0.29) is 11.8 Å². The lowest BCUT2D eigenvalue weighted by atomic mass is 10.0. The van der Waals surface area contributed by atoms with Gasteiger partial charge in [0.1, 0.15) is 5.75 Å². The smallest absolute Gasteiger partial charge is 0.268 e. The van der Waals surface area contributed by atoms with E-state index < -0.39 is 6.10 Å². The van der Waals surface area contributed by atoms with Gasteiger partial charge in [-0.05, 0) is 30.5 Å². The zero-order valence-electron chi connectivity index (χ0n) is 11.5. The van der Waals surface area contributed by atoms with Crippen LogP contribution < -0.4 is 9.64 Å². The van der Waals surface area contributed by atoms with E-state index in [2.05, 4.69) is 6.07 Å². The number of amides is 1. The Labute approximate surface area is 113 Å². The Kier molecular flexibility index (Phi) is 3.75. The van der Waals surface area contributed by atoms with Crippen molar-refractivity contribution in [2.24, 2.45) is 5.92 Å². The lowest BCUT2D eigenvalue weighted by molar-refractivity contribution is -0.128. The van der Waals surface area contributed by atoms with Crippen LogP contribution >= 0.6 is 0 Å². The van der Waals surface area contributed by atoms with Crippen molar-refractivity contribution in [2.75, 3.05) is 11.4 Å². The molecular weight excluding hydrogens is 240 g/mol. The number of rotatable bonds is 3. The largest absolute Gasteiger partial charge is 0.478 e. The molecule has 0 fully saturated rings. The molecule has 1 aliphatic heterocycles. The molecule has 0 bridgehead atoms. The summed E-state index contributed by atoms with van der Waals surface area (Å²) >= 11 is 0. The molecule has 4 heteroatoms. The number of hydrogen-bond acceptors (Lipinski definition) is 3. The van der Waals surface area contributed by atoms with Crippen molar-refractivity contribution >= 4 is 11.6 Å². The highest BCUT2D eigenvalue weighted by molar-refractivity contribution is 6.00. The maximum absolute atomic E-state index is 12.4. The molecule has 0 aromatic heterocycles. The number of fused-ring (bicyclic) bond motifs is 1. The zero-order valence-corrected chi connectivity index (χ0v) is 11.5. The van der Waals surface area contributed by atoms with E-state index in [1.807, 2.05) is 39.0 Å². The molecule has 2 rings (SSSR count). The molecule has 1 aliphatic rings. The first-order valence-electron chi connectivity index (χ1n) is 6.50. The summed E-state index contributed by atoms with van der Waals surface area (Å²) in [5, 5.41) is 8.74. The third-order valence-electron chi connectivity index (χ3n) is 3.22. The summed E-state index contributed by atoms with van der Waals surface area (Å²) in [6.45, 7) is 6.31. The van der Waals surface area contributed by atoms with Gasteiger partial charge in [-0.15, -0.1) is 0 Å². The van der Waals surface area contributed by atoms with Gasteiger partial charge < -0.3 is 9.64 Å². The van der Waals surface area contributed by atoms with Crippen LogP contribution in [0.15, 0.2) is 18.2 Å². The summed E-state index contributed by atoms with van der Waals surface area (Å²) in [6, 6.07) is 7.88. The van der Waals surface area contributed by atoms with Crippen LogP contribution in [0.25, 0.3) is 0 Å². The van der Waals surface area contributed by atoms with Crippen LogP contribution in [0.1, 0.15) is 25.8 Å². The first-order chi connectivity index (χ1) is 9.04. The number of carbonyl (C=O) groups is 1. The number of aryl methyl sites for hydroxylation is 1. The molecule has 0 spiro atoms. The molecule has 0 radical (unpaired) electrons. The summed E-state index contributed by atoms with van der Waals surface area (Å²) in [5.41, 5.74) is 1.84. The lowest BCUT2D eigenvalue weighted by Gasteiger charge is -2.35. The molecule has 1 amide bonds. The second-order valence-electron chi connectivity index (χ2n) is 5.15. The van der Waals surface area contributed by atoms with Crippen LogP contribution in [-0.2, 0) is 4.79 Å². The predicted octanol–water partition coefficient (Wildman–Crippen LogP) is 2.66. The number of anilines is 1. The molecule has 1 unspecified atom stereocenters. The molecule has 0 saturated carbocycles. The maximum atomic E-state index is 12.4. The van der Waals surface area contributed by atoms with Crippen molar-refractivity contribution in [3.63, 3.8) is 0 Å². The van der Waals surface area contributed by atoms with Crippen LogP contribution in [0, 0.1) is 24.2 Å². The molecule has 1 aromatic carbocycles. The summed E-state index contributed by atoms with van der Waals surface area (Å²) in [4.78, 5) is 14.1. The fourth-order valence-electron chi connectivity index (χ4n) is 2.21. The van der Waals surface area contributed by atoms with Gasteiger partial charge in [0.25, 0.3) is 5.91 Å². The number of benzene rings is 1. The first-order valence-corrected chi connectivity index (χ1v) is 6.50. The van der Waals surface area contributed by atoms with Gasteiger partial charge in [-0.2, -0.15) is 5.26 Å². The van der Waals surface area contributed by atoms with Gasteiger partial charge in [0.2, 0.25) is 0 Å². The Balaban J connectivity index is 2.41. The molecule has 0 aliphatic carbocycles. The average molecular weight is 258 g/mol. The number of hydrogen-bond donors (Lipinski definition) is 0. The van der Waals surface area contributed by atoms with Crippen molar-refractivity contribution in [1.29, 1.82) is 5.26 Å². The third kappa shape index (κ3) is 2.55. The van der Waals surface area contributed by atoms with Crippen LogP contribution in [-0.4, -0.2) is 18.6 Å². The summed E-state index contributed by atoms with van der Waals surface area (Å²) in [7, 11) is 0. The van der Waals surface area contributed by atoms with Crippen LogP contribution in [0.2, 0.25) is 0 Å². The normalized spacial score (nSPS) is 17.9. The molecule has 100 valence electrons. The third-order valence-corrected chi connectivity index (χ3v) is 3.22. The molecule has 19 heavy (non-hydrogen) atoms. The van der Waals surface area contributed by atoms with Crippen molar-refractivity contribution in [2.45, 2.75) is 33.3 Å². The molecule has 1 aromatic rings. The van der Waals surface area contributed by atoms with Crippen molar-refractivity contribution in [3.05, 3.63) is 23.8 Å². The van der Waals surface area contributed by atoms with Gasteiger partial charge in [-0.1, -0.05) is 19.9 Å². The van der Waals surface area contributed by atoms with Gasteiger partial charge in [0.05, 0.1) is 18.2 Å². The van der Waals surface area contributed by atoms with E-state index in [0.717, 1.165) is 17.0 Å². The Morgan fingerprint density at radius 2 is 2.21 bits per heavy atom. The number of ether oxygens (including phenoxy) is 1. The maximum Gasteiger partial charge on any atom is 0.268 e.